The van der Waals surface area contributed by atoms with Crippen molar-refractivity contribution in [3.8, 4) is 11.5 Å². The second-order valence-corrected chi connectivity index (χ2v) is 7.48. The summed E-state index contributed by atoms with van der Waals surface area (Å²) < 4.78 is 11.1. The number of carboxylic acid groups (broad SMARTS) is 1. The van der Waals surface area contributed by atoms with Gasteiger partial charge in [-0.25, -0.2) is 0 Å². The zero-order chi connectivity index (χ0) is 19.8. The third kappa shape index (κ3) is 6.59. The highest BCUT2D eigenvalue weighted by Gasteiger charge is 2.32. The molecule has 0 bridgehead atoms. The lowest BCUT2D eigenvalue weighted by Crippen LogP contribution is -2.26. The van der Waals surface area contributed by atoms with Gasteiger partial charge in [0, 0.05) is 0 Å². The number of nitrogens with one attached hydrogen (secondary N) is 1. The molecule has 1 aromatic carbocycles. The number of rotatable bonds is 9. The van der Waals surface area contributed by atoms with E-state index in [1.807, 2.05) is 12.1 Å². The topological polar surface area (TPSA) is 110 Å². The van der Waals surface area contributed by atoms with Crippen molar-refractivity contribution in [3.05, 3.63) is 23.8 Å². The molecule has 0 radical (unpaired) electrons. The number of carboxylic acids is 1. The highest BCUT2D eigenvalue weighted by atomic mass is 32.2. The minimum Gasteiger partial charge on any atom is -0.493 e. The average Bonchev–Trinajstić information content (AvgIpc) is 2.94. The molecule has 1 aliphatic rings. The Bertz CT molecular complexity index is 749. The fraction of sp³-hybridized carbons (Fsp3) is 0.444. The van der Waals surface area contributed by atoms with Gasteiger partial charge in [0.2, 0.25) is 5.91 Å². The minimum atomic E-state index is -1.03. The van der Waals surface area contributed by atoms with Gasteiger partial charge in [0.1, 0.15) is 5.25 Å². The molecule has 0 aromatic heterocycles. The second kappa shape index (κ2) is 9.96. The van der Waals surface area contributed by atoms with Gasteiger partial charge in [-0.3, -0.25) is 9.59 Å². The zero-order valence-electron chi connectivity index (χ0n) is 15.5. The highest BCUT2D eigenvalue weighted by Crippen LogP contribution is 2.28. The van der Waals surface area contributed by atoms with Crippen molar-refractivity contribution in [1.29, 1.82) is 0 Å². The van der Waals surface area contributed by atoms with Crippen molar-refractivity contribution < 1.29 is 24.2 Å². The second-order valence-electron chi connectivity index (χ2n) is 6.28. The molecule has 27 heavy (non-hydrogen) atoms. The SMILES string of the molecule is COc1cc(C=NN=C2NC(=O)C(CC(=O)O)S2)ccc1OCCC(C)C. The number of ether oxygens (including phenoxy) is 2. The van der Waals surface area contributed by atoms with Gasteiger partial charge >= 0.3 is 5.97 Å². The number of aliphatic carboxylic acids is 1. The van der Waals surface area contributed by atoms with E-state index >= 15 is 0 Å². The van der Waals surface area contributed by atoms with Crippen molar-refractivity contribution in [2.75, 3.05) is 13.7 Å². The molecule has 1 aliphatic heterocycles. The summed E-state index contributed by atoms with van der Waals surface area (Å²) in [5, 5.41) is 18.8. The Morgan fingerprint density at radius 3 is 2.85 bits per heavy atom. The molecule has 0 saturated carbocycles. The van der Waals surface area contributed by atoms with E-state index in [0.29, 0.717) is 24.0 Å². The fourth-order valence-electron chi connectivity index (χ4n) is 2.18. The Morgan fingerprint density at radius 2 is 2.19 bits per heavy atom. The van der Waals surface area contributed by atoms with Crippen LogP contribution in [-0.4, -0.2) is 47.3 Å². The van der Waals surface area contributed by atoms with Crippen LogP contribution in [0.4, 0.5) is 0 Å². The van der Waals surface area contributed by atoms with E-state index in [2.05, 4.69) is 29.4 Å². The number of carbonyl (C=O) groups is 2. The van der Waals surface area contributed by atoms with Crippen LogP contribution in [0, 0.1) is 5.92 Å². The third-order valence-corrected chi connectivity index (χ3v) is 4.70. The van der Waals surface area contributed by atoms with Crippen molar-refractivity contribution >= 4 is 35.0 Å². The molecule has 1 unspecified atom stereocenters. The summed E-state index contributed by atoms with van der Waals surface area (Å²) in [5.74, 6) is 0.416. The van der Waals surface area contributed by atoms with Crippen molar-refractivity contribution in [1.82, 2.24) is 5.32 Å². The normalized spacial score (nSPS) is 18.3. The molecule has 2 N–H and O–H groups in total. The quantitative estimate of drug-likeness (QED) is 0.493. The summed E-state index contributed by atoms with van der Waals surface area (Å²) in [6.07, 6.45) is 2.22. The minimum absolute atomic E-state index is 0.255. The number of hydrogen-bond donors (Lipinski definition) is 2. The zero-order valence-corrected chi connectivity index (χ0v) is 16.3. The van der Waals surface area contributed by atoms with Crippen molar-refractivity contribution in [2.45, 2.75) is 31.9 Å². The van der Waals surface area contributed by atoms with Gasteiger partial charge in [-0.1, -0.05) is 25.6 Å². The van der Waals surface area contributed by atoms with Gasteiger partial charge in [0.05, 0.1) is 26.4 Å². The smallest absolute Gasteiger partial charge is 0.305 e. The summed E-state index contributed by atoms with van der Waals surface area (Å²) in [4.78, 5) is 22.4. The molecule has 2 rings (SSSR count). The first-order valence-corrected chi connectivity index (χ1v) is 9.38. The van der Waals surface area contributed by atoms with Crippen molar-refractivity contribution in [2.24, 2.45) is 16.1 Å². The largest absolute Gasteiger partial charge is 0.493 e. The molecular formula is C18H23N3O5S. The molecule has 146 valence electrons. The fourth-order valence-corrected chi connectivity index (χ4v) is 3.10. The summed E-state index contributed by atoms with van der Waals surface area (Å²) in [6, 6.07) is 5.41. The number of methoxy groups -OCH3 is 1. The predicted molar refractivity (Wildman–Crippen MR) is 105 cm³/mol. The molecular weight excluding hydrogens is 370 g/mol. The Hall–Kier alpha value is -2.55. The third-order valence-electron chi connectivity index (χ3n) is 3.63. The number of carbonyl (C=O) groups excluding carboxylic acids is 1. The molecule has 1 saturated heterocycles. The van der Waals surface area contributed by atoms with E-state index in [4.69, 9.17) is 14.6 Å². The molecule has 1 atom stereocenters. The van der Waals surface area contributed by atoms with E-state index in [-0.39, 0.29) is 17.5 Å². The van der Waals surface area contributed by atoms with Gasteiger partial charge < -0.3 is 19.9 Å². The maximum absolute atomic E-state index is 11.6. The summed E-state index contributed by atoms with van der Waals surface area (Å²) in [6.45, 7) is 4.89. The summed E-state index contributed by atoms with van der Waals surface area (Å²) in [7, 11) is 1.57. The van der Waals surface area contributed by atoms with E-state index in [1.54, 1.807) is 13.2 Å². The van der Waals surface area contributed by atoms with Crippen LogP contribution in [0.5, 0.6) is 11.5 Å². The number of hydrogen-bond acceptors (Lipinski definition) is 7. The Morgan fingerprint density at radius 1 is 1.41 bits per heavy atom. The molecule has 0 aliphatic carbocycles. The van der Waals surface area contributed by atoms with Crippen molar-refractivity contribution in [3.63, 3.8) is 0 Å². The van der Waals surface area contributed by atoms with Crippen LogP contribution in [0.15, 0.2) is 28.4 Å². The number of benzene rings is 1. The van der Waals surface area contributed by atoms with E-state index < -0.39 is 11.2 Å². The summed E-state index contributed by atoms with van der Waals surface area (Å²) in [5.41, 5.74) is 0.754. The predicted octanol–water partition coefficient (Wildman–Crippen LogP) is 2.52. The van der Waals surface area contributed by atoms with Crippen LogP contribution >= 0.6 is 11.8 Å². The maximum atomic E-state index is 11.6. The molecule has 8 nitrogen and oxygen atoms in total. The Labute approximate surface area is 162 Å². The van der Waals surface area contributed by atoms with E-state index in [9.17, 15) is 9.59 Å². The molecule has 1 amide bonds. The first-order chi connectivity index (χ1) is 12.9. The number of nitrogens with zero attached hydrogens (tertiary/aromatic N) is 2. The lowest BCUT2D eigenvalue weighted by Gasteiger charge is -2.12. The standard InChI is InChI=1S/C18H23N3O5S/c1-11(2)6-7-26-13-5-4-12(8-14(13)25-3)10-19-21-18-20-17(24)15(27-18)9-16(22)23/h4-5,8,10-11,15H,6-7,9H2,1-3H3,(H,22,23)(H,20,21,24). The van der Waals surface area contributed by atoms with Gasteiger partial charge in [0.15, 0.2) is 16.7 Å². The number of amides is 1. The van der Waals surface area contributed by atoms with Gasteiger partial charge in [-0.15, -0.1) is 5.10 Å². The number of amidine groups is 1. The van der Waals surface area contributed by atoms with Crippen LogP contribution < -0.4 is 14.8 Å². The highest BCUT2D eigenvalue weighted by molar-refractivity contribution is 8.15. The molecule has 1 aromatic rings. The van der Waals surface area contributed by atoms with Crippen LogP contribution in [0.1, 0.15) is 32.3 Å². The van der Waals surface area contributed by atoms with E-state index in [0.717, 1.165) is 23.7 Å². The average molecular weight is 393 g/mol. The molecule has 1 heterocycles. The maximum Gasteiger partial charge on any atom is 0.305 e. The number of thioether (sulfide) groups is 1. The first kappa shape index (κ1) is 20.8. The lowest BCUT2D eigenvalue weighted by atomic mass is 10.1. The Balaban J connectivity index is 1.98. The monoisotopic (exact) mass is 393 g/mol. The molecule has 1 fully saturated rings. The van der Waals surface area contributed by atoms with Crippen LogP contribution in [0.3, 0.4) is 0 Å². The lowest BCUT2D eigenvalue weighted by molar-refractivity contribution is -0.138. The molecule has 0 spiro atoms. The van der Waals surface area contributed by atoms with Gasteiger partial charge in [-0.05, 0) is 36.1 Å². The Kier molecular flexibility index (Phi) is 7.66. The first-order valence-electron chi connectivity index (χ1n) is 8.50. The van der Waals surface area contributed by atoms with E-state index in [1.165, 1.54) is 6.21 Å². The van der Waals surface area contributed by atoms with Crippen LogP contribution in [0.25, 0.3) is 0 Å². The van der Waals surface area contributed by atoms with Crippen LogP contribution in [-0.2, 0) is 9.59 Å². The molecule has 9 heteroatoms. The summed E-state index contributed by atoms with van der Waals surface area (Å²) >= 11 is 1.05. The van der Waals surface area contributed by atoms with Gasteiger partial charge in [0.25, 0.3) is 0 Å². The van der Waals surface area contributed by atoms with Gasteiger partial charge in [-0.2, -0.15) is 5.10 Å². The van der Waals surface area contributed by atoms with Crippen LogP contribution in [0.2, 0.25) is 0 Å².